The van der Waals surface area contributed by atoms with Gasteiger partial charge in [-0.25, -0.2) is 8.42 Å². The molecule has 72 valence electrons. The fraction of sp³-hybridized carbons (Fsp3) is 0.500. The van der Waals surface area contributed by atoms with Crippen molar-refractivity contribution in [1.82, 2.24) is 0 Å². The molecule has 0 aliphatic heterocycles. The Morgan fingerprint density at radius 3 is 1.69 bits per heavy atom. The number of rotatable bonds is 2. The number of carbonyl (C=O) groups is 1. The van der Waals surface area contributed by atoms with Gasteiger partial charge in [-0.05, 0) is 11.1 Å². The largest absolute Gasteiger partial charge is 0.370 e. The van der Waals surface area contributed by atoms with Crippen molar-refractivity contribution in [2.75, 3.05) is 0 Å². The first-order chi connectivity index (χ1) is 5.85. The molecule has 13 heavy (non-hydrogen) atoms. The molecule has 0 aromatic heterocycles. The minimum atomic E-state index is -4.27. The minimum absolute atomic E-state index is 0.333. The number of nitrogens with zero attached hydrogens (tertiary/aromatic N) is 6. The lowest BCUT2D eigenvalue weighted by atomic mass is 10.8. The Balaban J connectivity index is 0. The molecule has 0 saturated carbocycles. The number of amides is 1. The fourth-order valence-corrected chi connectivity index (χ4v) is 0.326. The van der Waals surface area contributed by atoms with Crippen molar-refractivity contribution in [2.24, 2.45) is 14.8 Å². The van der Waals surface area contributed by atoms with Crippen molar-refractivity contribution in [3.8, 4) is 0 Å². The van der Waals surface area contributed by atoms with Gasteiger partial charge < -0.3 is 5.73 Å². The first kappa shape index (κ1) is 13.6. The molecule has 1 amide bonds. The Labute approximate surface area is 72.8 Å². The van der Waals surface area contributed by atoms with Gasteiger partial charge in [-0.15, -0.1) is 0 Å². The first-order valence-electron chi connectivity index (χ1n) is 2.49. The van der Waals surface area contributed by atoms with Crippen LogP contribution in [-0.2, 0) is 15.0 Å². The quantitative estimate of drug-likeness (QED) is 0.390. The van der Waals surface area contributed by atoms with Crippen LogP contribution >= 0.6 is 0 Å². The topological polar surface area (TPSA) is 175 Å². The van der Waals surface area contributed by atoms with Crippen LogP contribution in [-0.4, -0.2) is 14.3 Å². The van der Waals surface area contributed by atoms with Crippen molar-refractivity contribution in [2.45, 2.75) is 6.92 Å². The van der Waals surface area contributed by atoms with E-state index in [1.807, 2.05) is 9.82 Å². The Kier molecular flexibility index (Phi) is 7.05. The molecule has 0 aliphatic rings. The van der Waals surface area contributed by atoms with E-state index in [9.17, 15) is 13.2 Å². The Bertz CT molecular complexity index is 329. The molecule has 0 aliphatic carbocycles. The molecule has 2 N–H and O–H groups in total. The number of nitrogens with two attached hydrogens (primary N) is 1. The summed E-state index contributed by atoms with van der Waals surface area (Å²) in [4.78, 5) is 13.0. The summed E-state index contributed by atoms with van der Waals surface area (Å²) in [6.07, 6.45) is 0. The normalized spacial score (nSPS) is 8.08. The number of carbonyl (C=O) groups excluding carboxylic acids is 1. The van der Waals surface area contributed by atoms with Gasteiger partial charge in [0, 0.05) is 25.8 Å². The molecule has 0 atom stereocenters. The summed E-state index contributed by atoms with van der Waals surface area (Å²) in [6.45, 7) is 1.31. The number of hydrogen-bond acceptors (Lipinski definition) is 3. The molecule has 11 heteroatoms. The lowest BCUT2D eigenvalue weighted by molar-refractivity contribution is -0.115. The van der Waals surface area contributed by atoms with Crippen molar-refractivity contribution < 1.29 is 13.2 Å². The SMILES string of the molecule is CC(N)=O.[N-]=[N+]=NS(=O)(=O)N=[N+]=[N-]. The summed E-state index contributed by atoms with van der Waals surface area (Å²) < 4.78 is 24.3. The van der Waals surface area contributed by atoms with Crippen LogP contribution in [0.15, 0.2) is 9.04 Å². The second-order valence-corrected chi connectivity index (χ2v) is 2.62. The van der Waals surface area contributed by atoms with Crippen LogP contribution in [0.25, 0.3) is 20.9 Å². The third-order valence-corrected chi connectivity index (χ3v) is 0.838. The van der Waals surface area contributed by atoms with Gasteiger partial charge in [0.05, 0.1) is 0 Å². The monoisotopic (exact) mass is 207 g/mol. The van der Waals surface area contributed by atoms with E-state index in [-0.39, 0.29) is 5.91 Å². The van der Waals surface area contributed by atoms with E-state index in [0.717, 1.165) is 0 Å². The Morgan fingerprint density at radius 1 is 1.31 bits per heavy atom. The molecule has 0 heterocycles. The Morgan fingerprint density at radius 2 is 1.54 bits per heavy atom. The van der Waals surface area contributed by atoms with Gasteiger partial charge in [-0.1, -0.05) is 0 Å². The number of azide groups is 1. The van der Waals surface area contributed by atoms with Gasteiger partial charge in [0.15, 0.2) is 0 Å². The lowest BCUT2D eigenvalue weighted by Gasteiger charge is -1.73. The highest BCUT2D eigenvalue weighted by Gasteiger charge is 1.99. The second-order valence-electron chi connectivity index (χ2n) is 1.40. The van der Waals surface area contributed by atoms with E-state index in [0.29, 0.717) is 0 Å². The molecule has 0 bridgehead atoms. The van der Waals surface area contributed by atoms with Gasteiger partial charge in [0.1, 0.15) is 0 Å². The van der Waals surface area contributed by atoms with Crippen LogP contribution in [0.1, 0.15) is 6.92 Å². The Hall–Kier alpha value is -1.96. The molecule has 0 spiro atoms. The molecule has 0 saturated heterocycles. The van der Waals surface area contributed by atoms with Crippen molar-refractivity contribution >= 4 is 16.1 Å². The first-order valence-corrected chi connectivity index (χ1v) is 3.89. The molecule has 0 aromatic rings. The molecule has 0 aromatic carbocycles. The highest BCUT2D eigenvalue weighted by atomic mass is 32.2. The smallest absolute Gasteiger partial charge is 0.321 e. The molecule has 0 rings (SSSR count). The van der Waals surface area contributed by atoms with E-state index in [4.69, 9.17) is 11.1 Å². The van der Waals surface area contributed by atoms with Crippen LogP contribution in [0.2, 0.25) is 0 Å². The van der Waals surface area contributed by atoms with E-state index >= 15 is 0 Å². The summed E-state index contributed by atoms with van der Waals surface area (Å²) >= 11 is 0. The maximum atomic E-state index is 9.99. The average Bonchev–Trinajstić information content (AvgIpc) is 1.84. The third kappa shape index (κ3) is 17.8. The molecule has 0 radical (unpaired) electrons. The van der Waals surface area contributed by atoms with Gasteiger partial charge in [0.25, 0.3) is 0 Å². The van der Waals surface area contributed by atoms with Crippen molar-refractivity contribution in [3.63, 3.8) is 0 Å². The molecule has 0 fully saturated rings. The van der Waals surface area contributed by atoms with Gasteiger partial charge in [0.2, 0.25) is 5.91 Å². The maximum Gasteiger partial charge on any atom is 0.321 e. The molecular formula is C2H5N7O3S. The fourth-order valence-electron chi connectivity index (χ4n) is 0.109. The van der Waals surface area contributed by atoms with E-state index in [1.54, 1.807) is 0 Å². The highest BCUT2D eigenvalue weighted by Crippen LogP contribution is 1.92. The molecule has 0 unspecified atom stereocenters. The van der Waals surface area contributed by atoms with Crippen molar-refractivity contribution in [3.05, 3.63) is 20.9 Å². The summed E-state index contributed by atoms with van der Waals surface area (Å²) in [5.41, 5.74) is 19.5. The van der Waals surface area contributed by atoms with Crippen LogP contribution < -0.4 is 5.73 Å². The standard InChI is InChI=1S/C2H5NO.N6O2S/c1-2(3)4;1-3-5-9(7,8)6-4-2/h1H3,(H2,3,4);. The van der Waals surface area contributed by atoms with Gasteiger partial charge in [-0.2, -0.15) is 0 Å². The zero-order chi connectivity index (χ0) is 10.9. The molecular weight excluding hydrogens is 202 g/mol. The van der Waals surface area contributed by atoms with Crippen LogP contribution in [0.5, 0.6) is 0 Å². The minimum Gasteiger partial charge on any atom is -0.370 e. The predicted octanol–water partition coefficient (Wildman–Crippen LogP) is 0.343. The highest BCUT2D eigenvalue weighted by molar-refractivity contribution is 7.88. The number of hydrogen-bond donors (Lipinski definition) is 1. The molecule has 10 nitrogen and oxygen atoms in total. The summed E-state index contributed by atoms with van der Waals surface area (Å²) in [5, 5.41) is 0. The summed E-state index contributed by atoms with van der Waals surface area (Å²) in [5.74, 6) is -0.333. The van der Waals surface area contributed by atoms with Gasteiger partial charge in [-0.3, -0.25) is 4.79 Å². The van der Waals surface area contributed by atoms with Crippen LogP contribution in [0.4, 0.5) is 0 Å². The van der Waals surface area contributed by atoms with Crippen LogP contribution in [0, 0.1) is 0 Å². The van der Waals surface area contributed by atoms with E-state index in [1.165, 1.54) is 6.92 Å². The van der Waals surface area contributed by atoms with E-state index < -0.39 is 10.2 Å². The number of primary amides is 1. The van der Waals surface area contributed by atoms with E-state index in [2.05, 4.69) is 14.8 Å². The zero-order valence-corrected chi connectivity index (χ0v) is 7.21. The summed E-state index contributed by atoms with van der Waals surface area (Å²) in [7, 11) is -4.27. The zero-order valence-electron chi connectivity index (χ0n) is 6.39. The predicted molar refractivity (Wildman–Crippen MR) is 42.1 cm³/mol. The van der Waals surface area contributed by atoms with Crippen molar-refractivity contribution in [1.29, 1.82) is 0 Å². The third-order valence-electron chi connectivity index (χ3n) is 0.279. The average molecular weight is 207 g/mol. The maximum absolute atomic E-state index is 9.99. The summed E-state index contributed by atoms with van der Waals surface area (Å²) in [6, 6.07) is 0. The lowest BCUT2D eigenvalue weighted by Crippen LogP contribution is -2.01. The van der Waals surface area contributed by atoms with Crippen LogP contribution in [0.3, 0.4) is 0 Å². The van der Waals surface area contributed by atoms with Gasteiger partial charge >= 0.3 is 10.2 Å². The second kappa shape index (κ2) is 6.73.